The van der Waals surface area contributed by atoms with Gasteiger partial charge in [0.1, 0.15) is 17.2 Å². The van der Waals surface area contributed by atoms with Gasteiger partial charge in [-0.1, -0.05) is 19.3 Å². The molecule has 0 aromatic carbocycles. The monoisotopic (exact) mass is 312 g/mol. The summed E-state index contributed by atoms with van der Waals surface area (Å²) >= 11 is 0. The normalized spacial score (nSPS) is 16.6. The fourth-order valence-electron chi connectivity index (χ4n) is 2.56. The summed E-state index contributed by atoms with van der Waals surface area (Å²) < 4.78 is 26.1. The second kappa shape index (κ2) is 6.38. The molecule has 0 unspecified atom stereocenters. The molecule has 1 amide bonds. The zero-order chi connectivity index (χ0) is 15.5. The number of aryl methyl sites for hydroxylation is 1. The van der Waals surface area contributed by atoms with E-state index in [1.807, 2.05) is 0 Å². The zero-order valence-electron chi connectivity index (χ0n) is 12.0. The SMILES string of the molecule is Cc1ncc(C(=O)NS(=O)(=O)CC2CCCCC2)c(N)n1. The van der Waals surface area contributed by atoms with E-state index >= 15 is 0 Å². The quantitative estimate of drug-likeness (QED) is 0.857. The molecule has 1 aromatic rings. The van der Waals surface area contributed by atoms with Crippen molar-refractivity contribution >= 4 is 21.7 Å². The van der Waals surface area contributed by atoms with E-state index < -0.39 is 15.9 Å². The first-order valence-electron chi connectivity index (χ1n) is 7.01. The van der Waals surface area contributed by atoms with Crippen molar-refractivity contribution in [1.29, 1.82) is 0 Å². The maximum absolute atomic E-state index is 12.0. The summed E-state index contributed by atoms with van der Waals surface area (Å²) in [7, 11) is -3.67. The summed E-state index contributed by atoms with van der Waals surface area (Å²) in [5.41, 5.74) is 5.60. The van der Waals surface area contributed by atoms with Crippen LogP contribution in [0.25, 0.3) is 0 Å². The average Bonchev–Trinajstić information content (AvgIpc) is 2.38. The molecule has 1 saturated carbocycles. The van der Waals surface area contributed by atoms with Crippen LogP contribution >= 0.6 is 0 Å². The Labute approximate surface area is 124 Å². The summed E-state index contributed by atoms with van der Waals surface area (Å²) in [6.45, 7) is 1.64. The van der Waals surface area contributed by atoms with Gasteiger partial charge in [0.15, 0.2) is 0 Å². The molecule has 1 fully saturated rings. The molecule has 0 bridgehead atoms. The molecule has 8 heteroatoms. The first kappa shape index (κ1) is 15.7. The predicted octanol–water partition coefficient (Wildman–Crippen LogP) is 1.01. The van der Waals surface area contributed by atoms with Crippen LogP contribution in [0.15, 0.2) is 6.20 Å². The molecule has 2 rings (SSSR count). The number of amides is 1. The number of nitrogens with zero attached hydrogens (tertiary/aromatic N) is 2. The molecule has 21 heavy (non-hydrogen) atoms. The van der Waals surface area contributed by atoms with Gasteiger partial charge in [-0.2, -0.15) is 0 Å². The number of carbonyl (C=O) groups excluding carboxylic acids is 1. The number of hydrogen-bond donors (Lipinski definition) is 2. The number of aromatic nitrogens is 2. The maximum Gasteiger partial charge on any atom is 0.270 e. The minimum absolute atomic E-state index is 0.0205. The Balaban J connectivity index is 2.03. The van der Waals surface area contributed by atoms with Gasteiger partial charge in [-0.3, -0.25) is 4.79 Å². The van der Waals surface area contributed by atoms with E-state index in [9.17, 15) is 13.2 Å². The average molecular weight is 312 g/mol. The third-order valence-electron chi connectivity index (χ3n) is 3.61. The van der Waals surface area contributed by atoms with E-state index in [1.165, 1.54) is 6.20 Å². The second-order valence-corrected chi connectivity index (χ2v) is 7.20. The lowest BCUT2D eigenvalue weighted by Gasteiger charge is -2.21. The Hall–Kier alpha value is -1.70. The minimum atomic E-state index is -3.67. The highest BCUT2D eigenvalue weighted by atomic mass is 32.2. The fraction of sp³-hybridized carbons (Fsp3) is 0.615. The topological polar surface area (TPSA) is 115 Å². The summed E-state index contributed by atoms with van der Waals surface area (Å²) in [6, 6.07) is 0. The van der Waals surface area contributed by atoms with Crippen molar-refractivity contribution in [3.63, 3.8) is 0 Å². The lowest BCUT2D eigenvalue weighted by Crippen LogP contribution is -2.35. The molecular weight excluding hydrogens is 292 g/mol. The van der Waals surface area contributed by atoms with Gasteiger partial charge in [0, 0.05) is 6.20 Å². The number of sulfonamides is 1. The standard InChI is InChI=1S/C13H20N4O3S/c1-9-15-7-11(12(14)16-9)13(18)17-21(19,20)8-10-5-3-2-4-6-10/h7,10H,2-6,8H2,1H3,(H,17,18)(H2,14,15,16). The highest BCUT2D eigenvalue weighted by molar-refractivity contribution is 7.90. The molecule has 0 saturated heterocycles. The van der Waals surface area contributed by atoms with Gasteiger partial charge in [-0.25, -0.2) is 23.1 Å². The molecule has 116 valence electrons. The summed E-state index contributed by atoms with van der Waals surface area (Å²) in [5.74, 6) is -0.272. The molecule has 1 aliphatic carbocycles. The number of nitrogens with one attached hydrogen (secondary N) is 1. The van der Waals surface area contributed by atoms with E-state index in [0.29, 0.717) is 5.82 Å². The Morgan fingerprint density at radius 3 is 2.67 bits per heavy atom. The molecule has 0 radical (unpaired) electrons. The molecule has 0 aliphatic heterocycles. The first-order chi connectivity index (χ1) is 9.87. The van der Waals surface area contributed by atoms with E-state index in [2.05, 4.69) is 14.7 Å². The number of anilines is 1. The third-order valence-corrected chi connectivity index (χ3v) is 5.02. The molecule has 3 N–H and O–H groups in total. The van der Waals surface area contributed by atoms with E-state index in [4.69, 9.17) is 5.73 Å². The van der Waals surface area contributed by atoms with E-state index in [1.54, 1.807) is 6.92 Å². The predicted molar refractivity (Wildman–Crippen MR) is 79.0 cm³/mol. The highest BCUT2D eigenvalue weighted by Gasteiger charge is 2.24. The third kappa shape index (κ3) is 4.38. The molecule has 1 aromatic heterocycles. The Morgan fingerprint density at radius 1 is 1.38 bits per heavy atom. The summed E-state index contributed by atoms with van der Waals surface area (Å²) in [6.07, 6.45) is 6.28. The van der Waals surface area contributed by atoms with Gasteiger partial charge in [0.05, 0.1) is 5.75 Å². The van der Waals surface area contributed by atoms with Crippen LogP contribution in [-0.2, 0) is 10.0 Å². The molecule has 0 spiro atoms. The lowest BCUT2D eigenvalue weighted by atomic mass is 9.91. The van der Waals surface area contributed by atoms with E-state index in [0.717, 1.165) is 32.1 Å². The van der Waals surface area contributed by atoms with Crippen molar-refractivity contribution in [2.45, 2.75) is 39.0 Å². The minimum Gasteiger partial charge on any atom is -0.383 e. The number of rotatable bonds is 4. The number of hydrogen-bond acceptors (Lipinski definition) is 6. The molecule has 0 atom stereocenters. The summed E-state index contributed by atoms with van der Waals surface area (Å²) in [4.78, 5) is 19.7. The van der Waals surface area contributed by atoms with Crippen molar-refractivity contribution in [2.24, 2.45) is 5.92 Å². The largest absolute Gasteiger partial charge is 0.383 e. The van der Waals surface area contributed by atoms with Gasteiger partial charge >= 0.3 is 0 Å². The Kier molecular flexibility index (Phi) is 4.76. The number of carbonyl (C=O) groups is 1. The van der Waals surface area contributed by atoms with Crippen molar-refractivity contribution in [3.8, 4) is 0 Å². The Morgan fingerprint density at radius 2 is 2.05 bits per heavy atom. The van der Waals surface area contributed by atoms with Crippen molar-refractivity contribution in [3.05, 3.63) is 17.6 Å². The van der Waals surface area contributed by atoms with Crippen LogP contribution in [0, 0.1) is 12.8 Å². The van der Waals surface area contributed by atoms with Crippen LogP contribution in [0.1, 0.15) is 48.3 Å². The maximum atomic E-state index is 12.0. The number of nitrogens with two attached hydrogens (primary N) is 1. The second-order valence-electron chi connectivity index (χ2n) is 5.43. The molecule has 7 nitrogen and oxygen atoms in total. The van der Waals surface area contributed by atoms with Crippen molar-refractivity contribution in [1.82, 2.24) is 14.7 Å². The first-order valence-corrected chi connectivity index (χ1v) is 8.66. The van der Waals surface area contributed by atoms with Crippen LogP contribution < -0.4 is 10.5 Å². The van der Waals surface area contributed by atoms with Crippen molar-refractivity contribution < 1.29 is 13.2 Å². The van der Waals surface area contributed by atoms with Crippen molar-refractivity contribution in [2.75, 3.05) is 11.5 Å². The highest BCUT2D eigenvalue weighted by Crippen LogP contribution is 2.24. The van der Waals surface area contributed by atoms with Crippen LogP contribution in [0.2, 0.25) is 0 Å². The van der Waals surface area contributed by atoms with Crippen LogP contribution in [0.4, 0.5) is 5.82 Å². The van der Waals surface area contributed by atoms with Gasteiger partial charge in [-0.15, -0.1) is 0 Å². The van der Waals surface area contributed by atoms with Crippen LogP contribution in [-0.4, -0.2) is 30.0 Å². The summed E-state index contributed by atoms with van der Waals surface area (Å²) in [5, 5.41) is 0. The Bertz CT molecular complexity index is 624. The van der Waals surface area contributed by atoms with E-state index in [-0.39, 0.29) is 23.1 Å². The zero-order valence-corrected chi connectivity index (χ0v) is 12.8. The van der Waals surface area contributed by atoms with Crippen LogP contribution in [0.5, 0.6) is 0 Å². The van der Waals surface area contributed by atoms with Crippen LogP contribution in [0.3, 0.4) is 0 Å². The number of nitrogen functional groups attached to an aromatic ring is 1. The molecular formula is C13H20N4O3S. The smallest absolute Gasteiger partial charge is 0.270 e. The van der Waals surface area contributed by atoms with Gasteiger partial charge in [0.2, 0.25) is 10.0 Å². The lowest BCUT2D eigenvalue weighted by molar-refractivity contribution is 0.0981. The molecule has 1 heterocycles. The van der Waals surface area contributed by atoms with Gasteiger partial charge < -0.3 is 5.73 Å². The fourth-order valence-corrected chi connectivity index (χ4v) is 3.99. The van der Waals surface area contributed by atoms with Gasteiger partial charge in [0.25, 0.3) is 5.91 Å². The van der Waals surface area contributed by atoms with Gasteiger partial charge in [-0.05, 0) is 25.7 Å². The molecule has 1 aliphatic rings.